The Balaban J connectivity index is 1.82. The van der Waals surface area contributed by atoms with Crippen molar-refractivity contribution in [2.45, 2.75) is 17.3 Å². The lowest BCUT2D eigenvalue weighted by molar-refractivity contribution is 0.0994. The van der Waals surface area contributed by atoms with Crippen LogP contribution >= 0.6 is 27.7 Å². The highest BCUT2D eigenvalue weighted by Crippen LogP contribution is 2.27. The molecule has 1 atom stereocenters. The smallest absolute Gasteiger partial charge is 0.196 e. The van der Waals surface area contributed by atoms with E-state index in [2.05, 4.69) is 26.1 Å². The number of carbonyl (C=O) groups excluding carboxylic acids is 1. The topological polar surface area (TPSA) is 47.8 Å². The lowest BCUT2D eigenvalue weighted by Gasteiger charge is -2.11. The van der Waals surface area contributed by atoms with E-state index in [0.29, 0.717) is 16.4 Å². The number of para-hydroxylation sites is 1. The van der Waals surface area contributed by atoms with Crippen LogP contribution in [-0.4, -0.2) is 25.8 Å². The summed E-state index contributed by atoms with van der Waals surface area (Å²) in [5.74, 6) is -0.387. The van der Waals surface area contributed by atoms with Crippen molar-refractivity contribution < 1.29 is 9.18 Å². The predicted molar refractivity (Wildman–Crippen MR) is 95.1 cm³/mol. The lowest BCUT2D eigenvalue weighted by atomic mass is 10.1. The number of ketones is 1. The van der Waals surface area contributed by atoms with Gasteiger partial charge in [-0.1, -0.05) is 52.0 Å². The van der Waals surface area contributed by atoms with Crippen LogP contribution in [0.1, 0.15) is 17.3 Å². The molecule has 3 rings (SSSR count). The molecular weight excluding hydrogens is 393 g/mol. The Hall–Kier alpha value is -1.99. The van der Waals surface area contributed by atoms with Crippen LogP contribution in [0.5, 0.6) is 0 Å². The highest BCUT2D eigenvalue weighted by atomic mass is 79.9. The van der Waals surface area contributed by atoms with Crippen LogP contribution in [0, 0.1) is 5.82 Å². The van der Waals surface area contributed by atoms with Crippen LogP contribution < -0.4 is 0 Å². The summed E-state index contributed by atoms with van der Waals surface area (Å²) < 4.78 is 16.4. The molecule has 4 nitrogen and oxygen atoms in total. The first kappa shape index (κ1) is 16.9. The van der Waals surface area contributed by atoms with Gasteiger partial charge in [-0.3, -0.25) is 9.36 Å². The molecule has 0 saturated carbocycles. The number of hydrogen-bond donors (Lipinski definition) is 0. The van der Waals surface area contributed by atoms with Crippen LogP contribution in [0.25, 0.3) is 5.69 Å². The second-order valence-corrected chi connectivity index (χ2v) is 7.29. The molecule has 7 heteroatoms. The molecule has 0 fully saturated rings. The predicted octanol–water partition coefficient (Wildman–Crippen LogP) is 4.53. The molecule has 3 aromatic rings. The van der Waals surface area contributed by atoms with Crippen LogP contribution in [0.2, 0.25) is 0 Å². The van der Waals surface area contributed by atoms with Gasteiger partial charge in [0.2, 0.25) is 0 Å². The van der Waals surface area contributed by atoms with Gasteiger partial charge in [0.1, 0.15) is 12.1 Å². The molecule has 0 amide bonds. The van der Waals surface area contributed by atoms with E-state index in [9.17, 15) is 9.18 Å². The van der Waals surface area contributed by atoms with Gasteiger partial charge in [-0.05, 0) is 31.2 Å². The van der Waals surface area contributed by atoms with Crippen molar-refractivity contribution in [1.29, 1.82) is 0 Å². The molecule has 0 aliphatic heterocycles. The fraction of sp³-hybridized carbons (Fsp3) is 0.118. The van der Waals surface area contributed by atoms with Gasteiger partial charge in [0, 0.05) is 10.0 Å². The van der Waals surface area contributed by atoms with E-state index in [1.165, 1.54) is 24.2 Å². The van der Waals surface area contributed by atoms with Crippen molar-refractivity contribution in [3.63, 3.8) is 0 Å². The summed E-state index contributed by atoms with van der Waals surface area (Å²) in [6, 6.07) is 13.6. The quantitative estimate of drug-likeness (QED) is 0.461. The van der Waals surface area contributed by atoms with E-state index >= 15 is 0 Å². The summed E-state index contributed by atoms with van der Waals surface area (Å²) in [6.07, 6.45) is 1.44. The maximum atomic E-state index is 14.0. The third kappa shape index (κ3) is 3.57. The Morgan fingerprint density at radius 1 is 1.21 bits per heavy atom. The third-order valence-electron chi connectivity index (χ3n) is 3.41. The molecule has 122 valence electrons. The monoisotopic (exact) mass is 405 g/mol. The number of halogens is 2. The zero-order chi connectivity index (χ0) is 17.1. The zero-order valence-electron chi connectivity index (χ0n) is 12.7. The minimum atomic E-state index is -0.374. The molecule has 24 heavy (non-hydrogen) atoms. The van der Waals surface area contributed by atoms with Crippen molar-refractivity contribution in [1.82, 2.24) is 14.8 Å². The minimum absolute atomic E-state index is 0.0180. The van der Waals surface area contributed by atoms with E-state index in [-0.39, 0.29) is 16.9 Å². The molecule has 2 aromatic carbocycles. The molecule has 1 aromatic heterocycles. The molecule has 0 aliphatic rings. The van der Waals surface area contributed by atoms with Gasteiger partial charge in [0.05, 0.1) is 10.9 Å². The maximum absolute atomic E-state index is 14.0. The van der Waals surface area contributed by atoms with Crippen molar-refractivity contribution in [3.05, 3.63) is 70.7 Å². The van der Waals surface area contributed by atoms with Gasteiger partial charge < -0.3 is 0 Å². The molecular formula is C17H13BrFN3OS. The number of benzene rings is 2. The average molecular weight is 406 g/mol. The fourth-order valence-electron chi connectivity index (χ4n) is 2.18. The first-order valence-electron chi connectivity index (χ1n) is 7.17. The van der Waals surface area contributed by atoms with Crippen LogP contribution in [0.15, 0.2) is 64.5 Å². The fourth-order valence-corrected chi connectivity index (χ4v) is 3.35. The van der Waals surface area contributed by atoms with Crippen LogP contribution in [0.4, 0.5) is 4.39 Å². The average Bonchev–Trinajstić information content (AvgIpc) is 3.03. The normalized spacial score (nSPS) is 12.1. The second-order valence-electron chi connectivity index (χ2n) is 5.07. The van der Waals surface area contributed by atoms with E-state index in [1.54, 1.807) is 41.8 Å². The lowest BCUT2D eigenvalue weighted by Crippen LogP contribution is -2.14. The molecule has 0 bridgehead atoms. The van der Waals surface area contributed by atoms with Crippen LogP contribution in [-0.2, 0) is 0 Å². The van der Waals surface area contributed by atoms with Gasteiger partial charge in [0.15, 0.2) is 10.9 Å². The molecule has 0 radical (unpaired) electrons. The van der Waals surface area contributed by atoms with Gasteiger partial charge in [-0.15, -0.1) is 10.2 Å². The van der Waals surface area contributed by atoms with Crippen molar-refractivity contribution in [2.75, 3.05) is 0 Å². The summed E-state index contributed by atoms with van der Waals surface area (Å²) in [5, 5.41) is 7.95. The molecule has 1 unspecified atom stereocenters. The number of thioether (sulfide) groups is 1. The Morgan fingerprint density at radius 3 is 2.62 bits per heavy atom. The molecule has 0 saturated heterocycles. The van der Waals surface area contributed by atoms with Crippen molar-refractivity contribution >= 4 is 33.5 Å². The maximum Gasteiger partial charge on any atom is 0.196 e. The Labute approximate surface area is 151 Å². The van der Waals surface area contributed by atoms with E-state index in [4.69, 9.17) is 0 Å². The zero-order valence-corrected chi connectivity index (χ0v) is 15.1. The highest BCUT2D eigenvalue weighted by Gasteiger charge is 2.20. The summed E-state index contributed by atoms with van der Waals surface area (Å²) in [4.78, 5) is 12.5. The third-order valence-corrected chi connectivity index (χ3v) is 4.99. The number of nitrogens with zero attached hydrogens (tertiary/aromatic N) is 3. The van der Waals surface area contributed by atoms with Gasteiger partial charge in [0.25, 0.3) is 0 Å². The van der Waals surface area contributed by atoms with Gasteiger partial charge >= 0.3 is 0 Å². The van der Waals surface area contributed by atoms with E-state index < -0.39 is 0 Å². The molecule has 0 spiro atoms. The Bertz CT molecular complexity index is 866. The second kappa shape index (κ2) is 7.27. The molecule has 0 N–H and O–H groups in total. The van der Waals surface area contributed by atoms with Crippen molar-refractivity contribution in [3.8, 4) is 5.69 Å². The number of rotatable bonds is 5. The summed E-state index contributed by atoms with van der Waals surface area (Å²) in [7, 11) is 0. The number of aromatic nitrogens is 3. The van der Waals surface area contributed by atoms with Crippen molar-refractivity contribution in [2.24, 2.45) is 0 Å². The number of Topliss-reactive ketones (excluding diaryl/α,β-unsaturated/α-hetero) is 1. The minimum Gasteiger partial charge on any atom is -0.293 e. The first-order valence-corrected chi connectivity index (χ1v) is 8.85. The SMILES string of the molecule is CC(Sc1nncn1-c1ccccc1F)C(=O)c1ccc(Br)cc1. The molecule has 0 aliphatic carbocycles. The van der Waals surface area contributed by atoms with Gasteiger partial charge in [-0.2, -0.15) is 0 Å². The first-order chi connectivity index (χ1) is 11.6. The Kier molecular flexibility index (Phi) is 5.11. The Morgan fingerprint density at radius 2 is 1.92 bits per heavy atom. The van der Waals surface area contributed by atoms with Gasteiger partial charge in [-0.25, -0.2) is 4.39 Å². The standard InChI is InChI=1S/C17H13BrFN3OS/c1-11(16(23)12-6-8-13(18)9-7-12)24-17-21-20-10-22(17)15-5-3-2-4-14(15)19/h2-11H,1H3. The number of carbonyl (C=O) groups is 1. The van der Waals surface area contributed by atoms with Crippen LogP contribution in [0.3, 0.4) is 0 Å². The number of hydrogen-bond acceptors (Lipinski definition) is 4. The van der Waals surface area contributed by atoms with E-state index in [0.717, 1.165) is 4.47 Å². The molecule has 1 heterocycles. The van der Waals surface area contributed by atoms with E-state index in [1.807, 2.05) is 12.1 Å². The highest BCUT2D eigenvalue weighted by molar-refractivity contribution is 9.10. The largest absolute Gasteiger partial charge is 0.293 e. The summed E-state index contributed by atoms with van der Waals surface area (Å²) in [5.41, 5.74) is 0.975. The summed E-state index contributed by atoms with van der Waals surface area (Å²) in [6.45, 7) is 1.80. The summed E-state index contributed by atoms with van der Waals surface area (Å²) >= 11 is 4.60.